The van der Waals surface area contributed by atoms with Gasteiger partial charge in [0.15, 0.2) is 5.75 Å². The van der Waals surface area contributed by atoms with Crippen LogP contribution in [0.2, 0.25) is 5.02 Å². The Morgan fingerprint density at radius 1 is 1.33 bits per heavy atom. The van der Waals surface area contributed by atoms with Crippen LogP contribution in [0, 0.1) is 15.9 Å². The van der Waals surface area contributed by atoms with Crippen LogP contribution in [0.3, 0.4) is 0 Å². The van der Waals surface area contributed by atoms with Gasteiger partial charge in [0, 0.05) is 11.6 Å². The minimum atomic E-state index is -0.612. The lowest BCUT2D eigenvalue weighted by molar-refractivity contribution is -0.386. The molecule has 0 aliphatic rings. The van der Waals surface area contributed by atoms with Gasteiger partial charge in [-0.05, 0) is 29.8 Å². The molecule has 0 atom stereocenters. The smallest absolute Gasteiger partial charge is 0.310 e. The molecule has 0 aliphatic heterocycles. The number of nitro benzene ring substituents is 1. The van der Waals surface area contributed by atoms with Gasteiger partial charge in [0.25, 0.3) is 0 Å². The molecule has 0 aromatic heterocycles. The summed E-state index contributed by atoms with van der Waals surface area (Å²) in [5.74, 6) is -0.602. The summed E-state index contributed by atoms with van der Waals surface area (Å²) in [7, 11) is 0. The van der Waals surface area contributed by atoms with Crippen LogP contribution in [0.25, 0.3) is 0 Å². The van der Waals surface area contributed by atoms with Crippen molar-refractivity contribution in [2.75, 3.05) is 0 Å². The fourth-order valence-electron chi connectivity index (χ4n) is 1.74. The lowest BCUT2D eigenvalue weighted by Gasteiger charge is -2.10. The highest BCUT2D eigenvalue weighted by atomic mass is 35.5. The van der Waals surface area contributed by atoms with E-state index in [2.05, 4.69) is 0 Å². The molecule has 5 nitrogen and oxygen atoms in total. The van der Waals surface area contributed by atoms with Crippen LogP contribution in [0.15, 0.2) is 36.4 Å². The second-order valence-electron chi connectivity index (χ2n) is 4.21. The topological polar surface area (TPSA) is 72.6 Å². The Labute approximate surface area is 124 Å². The molecule has 0 unspecified atom stereocenters. The van der Waals surface area contributed by atoms with E-state index >= 15 is 0 Å². The molecule has 2 rings (SSSR count). The van der Waals surface area contributed by atoms with Gasteiger partial charge in [0.1, 0.15) is 12.4 Å². The van der Waals surface area contributed by atoms with E-state index in [-0.39, 0.29) is 35.2 Å². The predicted molar refractivity (Wildman–Crippen MR) is 74.8 cm³/mol. The Balaban J connectivity index is 2.28. The van der Waals surface area contributed by atoms with Crippen molar-refractivity contribution in [1.29, 1.82) is 0 Å². The number of hydrogen-bond donors (Lipinski definition) is 1. The molecule has 0 radical (unpaired) electrons. The molecular formula is C14H11ClFNO4. The van der Waals surface area contributed by atoms with Crippen molar-refractivity contribution < 1.29 is 19.2 Å². The van der Waals surface area contributed by atoms with E-state index in [1.807, 2.05) is 0 Å². The molecule has 0 saturated heterocycles. The SMILES string of the molecule is O=[N+]([O-])c1ccc(CO)cc1OCc1c(F)cccc1Cl. The van der Waals surface area contributed by atoms with Gasteiger partial charge in [0.2, 0.25) is 0 Å². The van der Waals surface area contributed by atoms with Crippen LogP contribution in [0.1, 0.15) is 11.1 Å². The first-order valence-corrected chi connectivity index (χ1v) is 6.34. The lowest BCUT2D eigenvalue weighted by atomic mass is 10.2. The zero-order chi connectivity index (χ0) is 15.4. The van der Waals surface area contributed by atoms with Gasteiger partial charge in [-0.25, -0.2) is 4.39 Å². The maximum atomic E-state index is 13.6. The average Bonchev–Trinajstić information content (AvgIpc) is 2.46. The zero-order valence-electron chi connectivity index (χ0n) is 10.8. The molecule has 0 bridgehead atoms. The minimum absolute atomic E-state index is 0.0501. The highest BCUT2D eigenvalue weighted by Crippen LogP contribution is 2.30. The summed E-state index contributed by atoms with van der Waals surface area (Å²) in [5.41, 5.74) is 0.303. The molecule has 0 fully saturated rings. The van der Waals surface area contributed by atoms with Crippen LogP contribution in [-0.4, -0.2) is 10.0 Å². The number of rotatable bonds is 5. The van der Waals surface area contributed by atoms with Crippen LogP contribution < -0.4 is 4.74 Å². The molecule has 0 heterocycles. The molecule has 0 spiro atoms. The van der Waals surface area contributed by atoms with Gasteiger partial charge in [-0.15, -0.1) is 0 Å². The van der Waals surface area contributed by atoms with Gasteiger partial charge < -0.3 is 9.84 Å². The van der Waals surface area contributed by atoms with Crippen molar-refractivity contribution in [2.24, 2.45) is 0 Å². The molecule has 0 amide bonds. The number of aliphatic hydroxyl groups excluding tert-OH is 1. The van der Waals surface area contributed by atoms with E-state index in [0.29, 0.717) is 5.56 Å². The van der Waals surface area contributed by atoms with Gasteiger partial charge in [-0.3, -0.25) is 10.1 Å². The average molecular weight is 312 g/mol. The number of benzene rings is 2. The normalized spacial score (nSPS) is 10.4. The third kappa shape index (κ3) is 3.48. The number of hydrogen-bond acceptors (Lipinski definition) is 4. The minimum Gasteiger partial charge on any atom is -0.482 e. The largest absolute Gasteiger partial charge is 0.482 e. The van der Waals surface area contributed by atoms with Crippen molar-refractivity contribution in [3.05, 3.63) is 68.5 Å². The zero-order valence-corrected chi connectivity index (χ0v) is 11.5. The molecular weight excluding hydrogens is 301 g/mol. The Kier molecular flexibility index (Phi) is 4.72. The van der Waals surface area contributed by atoms with Crippen molar-refractivity contribution in [3.63, 3.8) is 0 Å². The number of nitrogens with zero attached hydrogens (tertiary/aromatic N) is 1. The second kappa shape index (κ2) is 6.51. The molecule has 2 aromatic carbocycles. The van der Waals surface area contributed by atoms with Crippen LogP contribution in [0.4, 0.5) is 10.1 Å². The van der Waals surface area contributed by atoms with E-state index in [0.717, 1.165) is 0 Å². The molecule has 2 aromatic rings. The molecule has 0 aliphatic carbocycles. The first-order chi connectivity index (χ1) is 10.0. The van der Waals surface area contributed by atoms with Gasteiger partial charge >= 0.3 is 5.69 Å². The summed E-state index contributed by atoms with van der Waals surface area (Å²) in [6.07, 6.45) is 0. The van der Waals surface area contributed by atoms with Crippen LogP contribution >= 0.6 is 11.6 Å². The maximum absolute atomic E-state index is 13.6. The summed E-state index contributed by atoms with van der Waals surface area (Å²) in [6.45, 7) is -0.532. The van der Waals surface area contributed by atoms with Gasteiger partial charge in [0.05, 0.1) is 16.6 Å². The van der Waals surface area contributed by atoms with E-state index in [1.165, 1.54) is 36.4 Å². The van der Waals surface area contributed by atoms with E-state index in [1.54, 1.807) is 0 Å². The van der Waals surface area contributed by atoms with E-state index in [4.69, 9.17) is 21.4 Å². The fourth-order valence-corrected chi connectivity index (χ4v) is 1.96. The summed E-state index contributed by atoms with van der Waals surface area (Å²) in [6, 6.07) is 8.17. The van der Waals surface area contributed by atoms with Crippen molar-refractivity contribution >= 4 is 17.3 Å². The molecule has 0 saturated carbocycles. The van der Waals surface area contributed by atoms with E-state index in [9.17, 15) is 14.5 Å². The summed E-state index contributed by atoms with van der Waals surface area (Å²) >= 11 is 5.86. The third-order valence-electron chi connectivity index (χ3n) is 2.84. The number of nitro groups is 1. The van der Waals surface area contributed by atoms with Crippen LogP contribution in [-0.2, 0) is 13.2 Å². The Morgan fingerprint density at radius 3 is 2.71 bits per heavy atom. The maximum Gasteiger partial charge on any atom is 0.310 e. The Morgan fingerprint density at radius 2 is 2.10 bits per heavy atom. The van der Waals surface area contributed by atoms with Crippen molar-refractivity contribution in [2.45, 2.75) is 13.2 Å². The third-order valence-corrected chi connectivity index (χ3v) is 3.19. The summed E-state index contributed by atoms with van der Waals surface area (Å²) in [4.78, 5) is 10.3. The number of ether oxygens (including phenoxy) is 1. The first-order valence-electron chi connectivity index (χ1n) is 5.96. The Hall–Kier alpha value is -2.18. The summed E-state index contributed by atoms with van der Waals surface area (Å²) in [5, 5.41) is 20.2. The highest BCUT2D eigenvalue weighted by molar-refractivity contribution is 6.31. The summed E-state index contributed by atoms with van der Waals surface area (Å²) < 4.78 is 18.9. The monoisotopic (exact) mass is 311 g/mol. The highest BCUT2D eigenvalue weighted by Gasteiger charge is 2.17. The molecule has 1 N–H and O–H groups in total. The van der Waals surface area contributed by atoms with Gasteiger partial charge in [-0.1, -0.05) is 17.7 Å². The lowest BCUT2D eigenvalue weighted by Crippen LogP contribution is -2.02. The number of aliphatic hydroxyl groups is 1. The van der Waals surface area contributed by atoms with Crippen LogP contribution in [0.5, 0.6) is 5.75 Å². The van der Waals surface area contributed by atoms with Crippen molar-refractivity contribution in [1.82, 2.24) is 0 Å². The van der Waals surface area contributed by atoms with Gasteiger partial charge in [-0.2, -0.15) is 0 Å². The predicted octanol–water partition coefficient (Wildman–Crippen LogP) is 3.46. The molecule has 7 heteroatoms. The van der Waals surface area contributed by atoms with Crippen molar-refractivity contribution in [3.8, 4) is 5.75 Å². The standard InChI is InChI=1S/C14H11ClFNO4/c15-11-2-1-3-12(16)10(11)8-21-14-6-9(7-18)4-5-13(14)17(19)20/h1-6,18H,7-8H2. The van der Waals surface area contributed by atoms with E-state index < -0.39 is 10.7 Å². The quantitative estimate of drug-likeness (QED) is 0.678. The fraction of sp³-hybridized carbons (Fsp3) is 0.143. The molecule has 21 heavy (non-hydrogen) atoms. The number of halogens is 2. The second-order valence-corrected chi connectivity index (χ2v) is 4.61. The molecule has 110 valence electrons. The Bertz CT molecular complexity index is 658. The first kappa shape index (κ1) is 15.2.